The molecule has 1 aliphatic rings. The zero-order valence-corrected chi connectivity index (χ0v) is 16.2. The molecule has 0 aliphatic carbocycles. The third-order valence-electron chi connectivity index (χ3n) is 4.75. The van der Waals surface area contributed by atoms with Gasteiger partial charge in [-0.15, -0.1) is 0 Å². The lowest BCUT2D eigenvalue weighted by Crippen LogP contribution is -2.32. The zero-order valence-electron chi connectivity index (χ0n) is 16.2. The molecule has 0 atom stereocenters. The number of anilines is 2. The molecular weight excluding hydrogens is 340 g/mol. The van der Waals surface area contributed by atoms with Gasteiger partial charge in [0.25, 0.3) is 5.91 Å². The van der Waals surface area contributed by atoms with E-state index in [4.69, 9.17) is 0 Å². The molecule has 1 aliphatic heterocycles. The number of aromatic nitrogens is 2. The topological polar surface area (TPSA) is 75.2 Å². The van der Waals surface area contributed by atoms with Crippen LogP contribution in [0.15, 0.2) is 30.3 Å². The SMILES string of the molecule is CC(=O)c1ccc(NC(=O)c2cc(C(C)C)nc(N3CCCCC3)n2)cc1. The Hall–Kier alpha value is -2.76. The monoisotopic (exact) mass is 366 g/mol. The van der Waals surface area contributed by atoms with Crippen LogP contribution in [0.3, 0.4) is 0 Å². The van der Waals surface area contributed by atoms with Crippen molar-refractivity contribution in [3.63, 3.8) is 0 Å². The van der Waals surface area contributed by atoms with Crippen molar-refractivity contribution in [1.82, 2.24) is 9.97 Å². The Morgan fingerprint density at radius 3 is 2.30 bits per heavy atom. The van der Waals surface area contributed by atoms with Crippen molar-refractivity contribution in [2.75, 3.05) is 23.3 Å². The summed E-state index contributed by atoms with van der Waals surface area (Å²) in [6.07, 6.45) is 3.47. The van der Waals surface area contributed by atoms with Crippen molar-refractivity contribution in [3.8, 4) is 0 Å². The number of amides is 1. The van der Waals surface area contributed by atoms with Crippen LogP contribution in [-0.4, -0.2) is 34.7 Å². The molecule has 1 aromatic heterocycles. The predicted octanol–water partition coefficient (Wildman–Crippen LogP) is 4.05. The van der Waals surface area contributed by atoms with Gasteiger partial charge in [0, 0.05) is 30.0 Å². The molecular formula is C21H26N4O2. The molecule has 0 bridgehead atoms. The van der Waals surface area contributed by atoms with Gasteiger partial charge in [-0.05, 0) is 62.4 Å². The summed E-state index contributed by atoms with van der Waals surface area (Å²) >= 11 is 0. The van der Waals surface area contributed by atoms with E-state index in [2.05, 4.69) is 34.0 Å². The molecule has 142 valence electrons. The second-order valence-corrected chi connectivity index (χ2v) is 7.27. The first kappa shape index (κ1) is 19.0. The molecule has 0 unspecified atom stereocenters. The van der Waals surface area contributed by atoms with Gasteiger partial charge in [-0.1, -0.05) is 13.8 Å². The van der Waals surface area contributed by atoms with Crippen molar-refractivity contribution in [2.45, 2.75) is 46.0 Å². The molecule has 27 heavy (non-hydrogen) atoms. The molecule has 1 saturated heterocycles. The van der Waals surface area contributed by atoms with Crippen LogP contribution in [0.4, 0.5) is 11.6 Å². The molecule has 0 saturated carbocycles. The standard InChI is InChI=1S/C21H26N4O2/c1-14(2)18-13-19(24-21(23-18)25-11-5-4-6-12-25)20(27)22-17-9-7-16(8-10-17)15(3)26/h7-10,13-14H,4-6,11-12H2,1-3H3,(H,22,27). The molecule has 2 aromatic rings. The molecule has 2 heterocycles. The highest BCUT2D eigenvalue weighted by molar-refractivity contribution is 6.03. The average molecular weight is 366 g/mol. The van der Waals surface area contributed by atoms with Crippen LogP contribution in [0.5, 0.6) is 0 Å². The van der Waals surface area contributed by atoms with Gasteiger partial charge in [-0.25, -0.2) is 9.97 Å². The molecule has 0 spiro atoms. The Labute approximate surface area is 160 Å². The van der Waals surface area contributed by atoms with Gasteiger partial charge in [0.05, 0.1) is 0 Å². The van der Waals surface area contributed by atoms with Crippen LogP contribution < -0.4 is 10.2 Å². The van der Waals surface area contributed by atoms with Gasteiger partial charge in [0.2, 0.25) is 5.95 Å². The molecule has 1 N–H and O–H groups in total. The minimum absolute atomic E-state index is 0.00331. The van der Waals surface area contributed by atoms with E-state index in [0.717, 1.165) is 31.6 Å². The molecule has 1 amide bonds. The summed E-state index contributed by atoms with van der Waals surface area (Å²) in [7, 11) is 0. The minimum atomic E-state index is -0.270. The van der Waals surface area contributed by atoms with E-state index < -0.39 is 0 Å². The Bertz CT molecular complexity index is 825. The number of benzene rings is 1. The smallest absolute Gasteiger partial charge is 0.274 e. The number of hydrogen-bond acceptors (Lipinski definition) is 5. The number of nitrogens with zero attached hydrogens (tertiary/aromatic N) is 3. The van der Waals surface area contributed by atoms with Crippen LogP contribution in [0.2, 0.25) is 0 Å². The van der Waals surface area contributed by atoms with Gasteiger partial charge in [-0.2, -0.15) is 0 Å². The van der Waals surface area contributed by atoms with E-state index in [0.29, 0.717) is 22.9 Å². The zero-order chi connectivity index (χ0) is 19.4. The molecule has 6 heteroatoms. The van der Waals surface area contributed by atoms with E-state index in [1.54, 1.807) is 30.3 Å². The Morgan fingerprint density at radius 2 is 1.70 bits per heavy atom. The summed E-state index contributed by atoms with van der Waals surface area (Å²) in [6, 6.07) is 8.63. The Morgan fingerprint density at radius 1 is 1.04 bits per heavy atom. The van der Waals surface area contributed by atoms with E-state index in [9.17, 15) is 9.59 Å². The third-order valence-corrected chi connectivity index (χ3v) is 4.75. The molecule has 0 radical (unpaired) electrons. The number of carbonyl (C=O) groups excluding carboxylic acids is 2. The largest absolute Gasteiger partial charge is 0.341 e. The van der Waals surface area contributed by atoms with Crippen molar-refractivity contribution in [3.05, 3.63) is 47.3 Å². The normalized spacial score (nSPS) is 14.3. The minimum Gasteiger partial charge on any atom is -0.341 e. The maximum absolute atomic E-state index is 12.8. The van der Waals surface area contributed by atoms with Crippen LogP contribution in [0, 0.1) is 0 Å². The summed E-state index contributed by atoms with van der Waals surface area (Å²) in [5, 5.41) is 2.86. The van der Waals surface area contributed by atoms with E-state index >= 15 is 0 Å². The Balaban J connectivity index is 1.84. The predicted molar refractivity (Wildman–Crippen MR) is 107 cm³/mol. The number of ketones is 1. The highest BCUT2D eigenvalue weighted by Crippen LogP contribution is 2.21. The van der Waals surface area contributed by atoms with Crippen LogP contribution in [0.25, 0.3) is 0 Å². The summed E-state index contributed by atoms with van der Waals surface area (Å²) < 4.78 is 0. The van der Waals surface area contributed by atoms with Gasteiger partial charge in [0.15, 0.2) is 5.78 Å². The number of hydrogen-bond donors (Lipinski definition) is 1. The van der Waals surface area contributed by atoms with Gasteiger partial charge < -0.3 is 10.2 Å². The lowest BCUT2D eigenvalue weighted by molar-refractivity contribution is 0.101. The first-order valence-electron chi connectivity index (χ1n) is 9.50. The fraction of sp³-hybridized carbons (Fsp3) is 0.429. The van der Waals surface area contributed by atoms with Crippen LogP contribution >= 0.6 is 0 Å². The fourth-order valence-corrected chi connectivity index (χ4v) is 3.08. The number of Topliss-reactive ketones (excluding diaryl/α,β-unsaturated/α-hetero) is 1. The highest BCUT2D eigenvalue weighted by atomic mass is 16.2. The van der Waals surface area contributed by atoms with E-state index in [1.807, 2.05) is 0 Å². The molecule has 1 fully saturated rings. The maximum Gasteiger partial charge on any atom is 0.274 e. The second kappa shape index (κ2) is 8.29. The van der Waals surface area contributed by atoms with E-state index in [-0.39, 0.29) is 17.6 Å². The van der Waals surface area contributed by atoms with Gasteiger partial charge >= 0.3 is 0 Å². The lowest BCUT2D eigenvalue weighted by Gasteiger charge is -2.27. The average Bonchev–Trinajstić information content (AvgIpc) is 2.68. The first-order valence-corrected chi connectivity index (χ1v) is 9.50. The quantitative estimate of drug-likeness (QED) is 0.808. The van der Waals surface area contributed by atoms with Crippen molar-refractivity contribution >= 4 is 23.3 Å². The van der Waals surface area contributed by atoms with Gasteiger partial charge in [-0.3, -0.25) is 9.59 Å². The summed E-state index contributed by atoms with van der Waals surface area (Å²) in [4.78, 5) is 35.5. The molecule has 3 rings (SSSR count). The summed E-state index contributed by atoms with van der Waals surface area (Å²) in [5.41, 5.74) is 2.48. The number of nitrogens with one attached hydrogen (secondary N) is 1. The van der Waals surface area contributed by atoms with Crippen molar-refractivity contribution < 1.29 is 9.59 Å². The maximum atomic E-state index is 12.8. The molecule has 1 aromatic carbocycles. The van der Waals surface area contributed by atoms with E-state index in [1.165, 1.54) is 13.3 Å². The number of carbonyl (C=O) groups is 2. The van der Waals surface area contributed by atoms with Crippen molar-refractivity contribution in [2.24, 2.45) is 0 Å². The second-order valence-electron chi connectivity index (χ2n) is 7.27. The highest BCUT2D eigenvalue weighted by Gasteiger charge is 2.19. The van der Waals surface area contributed by atoms with Crippen LogP contribution in [-0.2, 0) is 0 Å². The van der Waals surface area contributed by atoms with Crippen molar-refractivity contribution in [1.29, 1.82) is 0 Å². The Kier molecular flexibility index (Phi) is 5.84. The van der Waals surface area contributed by atoms with Gasteiger partial charge in [0.1, 0.15) is 5.69 Å². The molecule has 6 nitrogen and oxygen atoms in total. The summed E-state index contributed by atoms with van der Waals surface area (Å²) in [5.74, 6) is 0.570. The van der Waals surface area contributed by atoms with Crippen LogP contribution in [0.1, 0.15) is 72.5 Å². The number of rotatable bonds is 5. The lowest BCUT2D eigenvalue weighted by atomic mass is 10.1. The number of piperidine rings is 1. The fourth-order valence-electron chi connectivity index (χ4n) is 3.08. The first-order chi connectivity index (χ1) is 12.9. The summed E-state index contributed by atoms with van der Waals surface area (Å²) in [6.45, 7) is 7.49. The third kappa shape index (κ3) is 4.70.